The highest BCUT2D eigenvalue weighted by atomic mass is 35.5. The van der Waals surface area contributed by atoms with Crippen molar-refractivity contribution in [2.24, 2.45) is 0 Å². The van der Waals surface area contributed by atoms with Crippen LogP contribution in [0, 0.1) is 0 Å². The van der Waals surface area contributed by atoms with Crippen molar-refractivity contribution in [1.82, 2.24) is 15.2 Å². The highest BCUT2D eigenvalue weighted by Gasteiger charge is 2.09. The molecule has 0 saturated carbocycles. The van der Waals surface area contributed by atoms with Crippen LogP contribution in [0.15, 0.2) is 30.6 Å². The van der Waals surface area contributed by atoms with Crippen molar-refractivity contribution < 1.29 is 0 Å². The lowest BCUT2D eigenvalue weighted by Gasteiger charge is -2.15. The van der Waals surface area contributed by atoms with Crippen LogP contribution in [0.4, 0.5) is 5.69 Å². The summed E-state index contributed by atoms with van der Waals surface area (Å²) in [6, 6.07) is 5.56. The molecule has 1 atom stereocenters. The molecule has 0 aliphatic rings. The number of nitrogens with zero attached hydrogens (tertiary/aromatic N) is 3. The van der Waals surface area contributed by atoms with E-state index in [0.29, 0.717) is 16.0 Å². The van der Waals surface area contributed by atoms with E-state index in [1.165, 1.54) is 0 Å². The fourth-order valence-electron chi connectivity index (χ4n) is 1.40. The Bertz CT molecular complexity index is 504. The van der Waals surface area contributed by atoms with E-state index in [2.05, 4.69) is 20.5 Å². The maximum Gasteiger partial charge on any atom is 0.174 e. The van der Waals surface area contributed by atoms with Crippen molar-refractivity contribution in [3.8, 4) is 0 Å². The van der Waals surface area contributed by atoms with Gasteiger partial charge in [-0.3, -0.25) is 4.98 Å². The molecule has 0 saturated heterocycles. The lowest BCUT2D eigenvalue weighted by molar-refractivity contribution is 0.870. The SMILES string of the molecule is CC(Nc1cc(Cl)nnc1Cl)c1cccnc1. The van der Waals surface area contributed by atoms with E-state index in [9.17, 15) is 0 Å². The van der Waals surface area contributed by atoms with Gasteiger partial charge in [0.05, 0.1) is 11.7 Å². The third-order valence-electron chi connectivity index (χ3n) is 2.28. The predicted octanol–water partition coefficient (Wildman–Crippen LogP) is 3.35. The highest BCUT2D eigenvalue weighted by Crippen LogP contribution is 2.25. The predicted molar refractivity (Wildman–Crippen MR) is 68.3 cm³/mol. The fraction of sp³-hybridized carbons (Fsp3) is 0.182. The Morgan fingerprint density at radius 1 is 1.29 bits per heavy atom. The summed E-state index contributed by atoms with van der Waals surface area (Å²) in [6.07, 6.45) is 3.52. The van der Waals surface area contributed by atoms with Crippen molar-refractivity contribution in [2.75, 3.05) is 5.32 Å². The summed E-state index contributed by atoms with van der Waals surface area (Å²) in [4.78, 5) is 4.06. The molecule has 0 spiro atoms. The molecule has 0 amide bonds. The molecule has 1 N–H and O–H groups in total. The van der Waals surface area contributed by atoms with Gasteiger partial charge in [-0.25, -0.2) is 0 Å². The van der Waals surface area contributed by atoms with Gasteiger partial charge < -0.3 is 5.32 Å². The number of aromatic nitrogens is 3. The van der Waals surface area contributed by atoms with E-state index in [0.717, 1.165) is 5.56 Å². The van der Waals surface area contributed by atoms with Gasteiger partial charge in [-0.15, -0.1) is 10.2 Å². The summed E-state index contributed by atoms with van der Waals surface area (Å²) in [7, 11) is 0. The summed E-state index contributed by atoms with van der Waals surface area (Å²) in [5.41, 5.74) is 1.71. The molecule has 0 aliphatic heterocycles. The van der Waals surface area contributed by atoms with Crippen LogP contribution in [0.1, 0.15) is 18.5 Å². The normalized spacial score (nSPS) is 12.2. The first-order valence-electron chi connectivity index (χ1n) is 5.02. The fourth-order valence-corrected chi connectivity index (χ4v) is 1.70. The van der Waals surface area contributed by atoms with Gasteiger partial charge in [0.1, 0.15) is 0 Å². The highest BCUT2D eigenvalue weighted by molar-refractivity contribution is 6.33. The van der Waals surface area contributed by atoms with Crippen LogP contribution in [-0.4, -0.2) is 15.2 Å². The molecule has 0 aliphatic carbocycles. The molecule has 4 nitrogen and oxygen atoms in total. The quantitative estimate of drug-likeness (QED) is 0.928. The maximum atomic E-state index is 5.92. The number of anilines is 1. The molecule has 0 radical (unpaired) electrons. The zero-order chi connectivity index (χ0) is 12.3. The second-order valence-corrected chi connectivity index (χ2v) is 4.27. The van der Waals surface area contributed by atoms with E-state index < -0.39 is 0 Å². The van der Waals surface area contributed by atoms with Crippen molar-refractivity contribution in [2.45, 2.75) is 13.0 Å². The van der Waals surface area contributed by atoms with Gasteiger partial charge in [0, 0.05) is 18.5 Å². The Morgan fingerprint density at radius 2 is 2.12 bits per heavy atom. The third kappa shape index (κ3) is 3.05. The Kier molecular flexibility index (Phi) is 3.76. The number of hydrogen-bond acceptors (Lipinski definition) is 4. The summed E-state index contributed by atoms with van der Waals surface area (Å²) in [5, 5.41) is 11.2. The molecule has 2 heterocycles. The summed E-state index contributed by atoms with van der Waals surface area (Å²) < 4.78 is 0. The molecule has 0 fully saturated rings. The zero-order valence-corrected chi connectivity index (χ0v) is 10.6. The smallest absolute Gasteiger partial charge is 0.174 e. The van der Waals surface area contributed by atoms with Crippen LogP contribution in [0.25, 0.3) is 0 Å². The first kappa shape index (κ1) is 12.1. The van der Waals surface area contributed by atoms with E-state index in [1.54, 1.807) is 18.5 Å². The van der Waals surface area contributed by atoms with E-state index in [1.807, 2.05) is 19.1 Å². The van der Waals surface area contributed by atoms with Gasteiger partial charge in [0.2, 0.25) is 0 Å². The molecule has 2 rings (SSSR count). The monoisotopic (exact) mass is 268 g/mol. The molecular formula is C11H10Cl2N4. The second-order valence-electron chi connectivity index (χ2n) is 3.52. The molecule has 0 bridgehead atoms. The summed E-state index contributed by atoms with van der Waals surface area (Å²) >= 11 is 11.7. The number of hydrogen-bond donors (Lipinski definition) is 1. The first-order chi connectivity index (χ1) is 8.16. The number of halogens is 2. The minimum absolute atomic E-state index is 0.0569. The van der Waals surface area contributed by atoms with Crippen LogP contribution >= 0.6 is 23.2 Å². The number of rotatable bonds is 3. The Hall–Kier alpha value is -1.39. The topological polar surface area (TPSA) is 50.7 Å². The van der Waals surface area contributed by atoms with Gasteiger partial charge in [-0.1, -0.05) is 29.3 Å². The van der Waals surface area contributed by atoms with Crippen molar-refractivity contribution in [3.63, 3.8) is 0 Å². The van der Waals surface area contributed by atoms with Crippen LogP contribution in [0.2, 0.25) is 10.3 Å². The maximum absolute atomic E-state index is 5.92. The largest absolute Gasteiger partial charge is 0.376 e. The summed E-state index contributed by atoms with van der Waals surface area (Å²) in [5.74, 6) is 0. The van der Waals surface area contributed by atoms with Gasteiger partial charge in [0.25, 0.3) is 0 Å². The van der Waals surface area contributed by atoms with E-state index in [4.69, 9.17) is 23.2 Å². The molecule has 6 heteroatoms. The summed E-state index contributed by atoms with van der Waals surface area (Å²) in [6.45, 7) is 2.00. The standard InChI is InChI=1S/C11H10Cl2N4/c1-7(8-3-2-4-14-6-8)15-9-5-10(12)16-17-11(9)13/h2-7H,1H3,(H,15,16). The third-order valence-corrected chi connectivity index (χ3v) is 2.74. The average Bonchev–Trinajstić information content (AvgIpc) is 2.35. The molecule has 17 heavy (non-hydrogen) atoms. The van der Waals surface area contributed by atoms with Crippen molar-refractivity contribution in [3.05, 3.63) is 46.5 Å². The van der Waals surface area contributed by atoms with Gasteiger partial charge >= 0.3 is 0 Å². The number of pyridine rings is 1. The van der Waals surface area contributed by atoms with Crippen LogP contribution in [-0.2, 0) is 0 Å². The Morgan fingerprint density at radius 3 is 2.82 bits per heavy atom. The van der Waals surface area contributed by atoms with Crippen LogP contribution < -0.4 is 5.32 Å². The van der Waals surface area contributed by atoms with Gasteiger partial charge in [-0.05, 0) is 18.6 Å². The minimum Gasteiger partial charge on any atom is -0.376 e. The molecule has 88 valence electrons. The van der Waals surface area contributed by atoms with E-state index >= 15 is 0 Å². The minimum atomic E-state index is 0.0569. The molecule has 2 aromatic rings. The Balaban J connectivity index is 2.18. The van der Waals surface area contributed by atoms with E-state index in [-0.39, 0.29) is 6.04 Å². The van der Waals surface area contributed by atoms with Gasteiger partial charge in [0.15, 0.2) is 10.3 Å². The molecule has 1 unspecified atom stereocenters. The lowest BCUT2D eigenvalue weighted by atomic mass is 10.1. The second kappa shape index (κ2) is 5.29. The molecular weight excluding hydrogens is 259 g/mol. The van der Waals surface area contributed by atoms with Crippen molar-refractivity contribution >= 4 is 28.9 Å². The Labute approximate surface area is 109 Å². The number of nitrogens with one attached hydrogen (secondary N) is 1. The first-order valence-corrected chi connectivity index (χ1v) is 5.77. The zero-order valence-electron chi connectivity index (χ0n) is 9.06. The molecule has 0 aromatic carbocycles. The van der Waals surface area contributed by atoms with Crippen LogP contribution in [0.3, 0.4) is 0 Å². The van der Waals surface area contributed by atoms with Crippen LogP contribution in [0.5, 0.6) is 0 Å². The lowest BCUT2D eigenvalue weighted by Crippen LogP contribution is -2.08. The molecule has 2 aromatic heterocycles. The van der Waals surface area contributed by atoms with Crippen molar-refractivity contribution in [1.29, 1.82) is 0 Å². The van der Waals surface area contributed by atoms with Gasteiger partial charge in [-0.2, -0.15) is 0 Å². The average molecular weight is 269 g/mol.